The molecule has 0 aliphatic heterocycles. The van der Waals surface area contributed by atoms with Crippen molar-refractivity contribution in [2.24, 2.45) is 0 Å². The Kier molecular flexibility index (Phi) is 7.08. The van der Waals surface area contributed by atoms with Gasteiger partial charge in [0, 0.05) is 16.6 Å². The number of urea groups is 1. The van der Waals surface area contributed by atoms with E-state index in [0.717, 1.165) is 16.9 Å². The van der Waals surface area contributed by atoms with Crippen LogP contribution in [0.2, 0.25) is 0 Å². The standard InChI is InChI=1S/C23H24N2O4S/c1-4-28-18-12-8-16(9-13-18)19-14-30-21(20(19)22(26)29-5-2)25-23(27)24-17-10-6-15(3)7-11-17/h6-14H,4-5H2,1-3H3,(H2,24,25,27). The quantitative estimate of drug-likeness (QED) is 0.460. The SMILES string of the molecule is CCOC(=O)c1c(-c2ccc(OCC)cc2)csc1NC(=O)Nc1ccc(C)cc1. The number of thiophene rings is 1. The maximum atomic E-state index is 12.7. The molecule has 0 atom stereocenters. The first-order chi connectivity index (χ1) is 14.5. The third-order valence-corrected chi connectivity index (χ3v) is 5.18. The number of aryl methyl sites for hydroxylation is 1. The fourth-order valence-corrected chi connectivity index (χ4v) is 3.82. The van der Waals surface area contributed by atoms with Gasteiger partial charge in [0.05, 0.1) is 13.2 Å². The lowest BCUT2D eigenvalue weighted by atomic mass is 10.0. The summed E-state index contributed by atoms with van der Waals surface area (Å²) in [5, 5.41) is 7.82. The molecule has 0 saturated heterocycles. The molecule has 3 rings (SSSR count). The van der Waals surface area contributed by atoms with Gasteiger partial charge in [-0.2, -0.15) is 0 Å². The fraction of sp³-hybridized carbons (Fsp3) is 0.217. The van der Waals surface area contributed by atoms with Crippen LogP contribution < -0.4 is 15.4 Å². The predicted molar refractivity (Wildman–Crippen MR) is 121 cm³/mol. The van der Waals surface area contributed by atoms with Gasteiger partial charge in [-0.3, -0.25) is 5.32 Å². The Morgan fingerprint density at radius 1 is 0.933 bits per heavy atom. The number of nitrogens with one attached hydrogen (secondary N) is 2. The van der Waals surface area contributed by atoms with Crippen LogP contribution in [0.4, 0.5) is 15.5 Å². The largest absolute Gasteiger partial charge is 0.494 e. The molecule has 2 amide bonds. The van der Waals surface area contributed by atoms with Crippen molar-refractivity contribution in [2.75, 3.05) is 23.8 Å². The van der Waals surface area contributed by atoms with Crippen molar-refractivity contribution < 1.29 is 19.1 Å². The van der Waals surface area contributed by atoms with E-state index in [1.54, 1.807) is 6.92 Å². The molecule has 1 aromatic heterocycles. The summed E-state index contributed by atoms with van der Waals surface area (Å²) < 4.78 is 10.7. The lowest BCUT2D eigenvalue weighted by Crippen LogP contribution is -2.20. The minimum Gasteiger partial charge on any atom is -0.494 e. The Labute approximate surface area is 179 Å². The maximum Gasteiger partial charge on any atom is 0.341 e. The predicted octanol–water partition coefficient (Wildman–Crippen LogP) is 5.94. The molecule has 0 saturated carbocycles. The van der Waals surface area contributed by atoms with E-state index in [9.17, 15) is 9.59 Å². The van der Waals surface area contributed by atoms with Gasteiger partial charge in [0.1, 0.15) is 16.3 Å². The molecule has 2 N–H and O–H groups in total. The van der Waals surface area contributed by atoms with Crippen LogP contribution in [0.3, 0.4) is 0 Å². The van der Waals surface area contributed by atoms with Crippen LogP contribution in [0.25, 0.3) is 11.1 Å². The first-order valence-electron chi connectivity index (χ1n) is 9.68. The van der Waals surface area contributed by atoms with Crippen molar-refractivity contribution in [2.45, 2.75) is 20.8 Å². The summed E-state index contributed by atoms with van der Waals surface area (Å²) in [4.78, 5) is 25.1. The number of ether oxygens (including phenoxy) is 2. The van der Waals surface area contributed by atoms with Crippen molar-refractivity contribution in [3.63, 3.8) is 0 Å². The Morgan fingerprint density at radius 2 is 1.63 bits per heavy atom. The summed E-state index contributed by atoms with van der Waals surface area (Å²) in [6.45, 7) is 6.47. The van der Waals surface area contributed by atoms with Crippen LogP contribution in [-0.4, -0.2) is 25.2 Å². The first-order valence-corrected chi connectivity index (χ1v) is 10.6. The highest BCUT2D eigenvalue weighted by atomic mass is 32.1. The second-order valence-electron chi connectivity index (χ2n) is 6.48. The minimum atomic E-state index is -0.478. The van der Waals surface area contributed by atoms with Crippen LogP contribution >= 0.6 is 11.3 Å². The lowest BCUT2D eigenvalue weighted by Gasteiger charge is -2.10. The van der Waals surface area contributed by atoms with Crippen molar-refractivity contribution in [3.05, 3.63) is 65.0 Å². The Balaban J connectivity index is 1.85. The first kappa shape index (κ1) is 21.4. The number of hydrogen-bond donors (Lipinski definition) is 2. The molecular formula is C23H24N2O4S. The molecule has 0 fully saturated rings. The van der Waals surface area contributed by atoms with E-state index in [1.807, 2.05) is 67.8 Å². The summed E-state index contributed by atoms with van der Waals surface area (Å²) in [5.41, 5.74) is 3.64. The van der Waals surface area contributed by atoms with Crippen molar-refractivity contribution in [3.8, 4) is 16.9 Å². The van der Waals surface area contributed by atoms with Gasteiger partial charge in [0.25, 0.3) is 0 Å². The van der Waals surface area contributed by atoms with Crippen LogP contribution in [0.5, 0.6) is 5.75 Å². The summed E-state index contributed by atoms with van der Waals surface area (Å²) >= 11 is 1.28. The second kappa shape index (κ2) is 9.93. The van der Waals surface area contributed by atoms with Crippen LogP contribution in [-0.2, 0) is 4.74 Å². The number of amides is 2. The molecule has 0 bridgehead atoms. The topological polar surface area (TPSA) is 76.7 Å². The summed E-state index contributed by atoms with van der Waals surface area (Å²) in [7, 11) is 0. The molecule has 3 aromatic rings. The van der Waals surface area contributed by atoms with Gasteiger partial charge in [-0.25, -0.2) is 9.59 Å². The molecule has 0 radical (unpaired) electrons. The fourth-order valence-electron chi connectivity index (χ4n) is 2.87. The monoisotopic (exact) mass is 424 g/mol. The Morgan fingerprint density at radius 3 is 2.27 bits per heavy atom. The highest BCUT2D eigenvalue weighted by Gasteiger charge is 2.23. The van der Waals surface area contributed by atoms with Gasteiger partial charge in [0.15, 0.2) is 0 Å². The van der Waals surface area contributed by atoms with E-state index in [4.69, 9.17) is 9.47 Å². The third kappa shape index (κ3) is 5.18. The van der Waals surface area contributed by atoms with Crippen LogP contribution in [0.15, 0.2) is 53.9 Å². The second-order valence-corrected chi connectivity index (χ2v) is 7.36. The average Bonchev–Trinajstić information content (AvgIpc) is 3.14. The number of hydrogen-bond acceptors (Lipinski definition) is 5. The van der Waals surface area contributed by atoms with E-state index in [-0.39, 0.29) is 6.61 Å². The molecule has 7 heteroatoms. The van der Waals surface area contributed by atoms with Crippen molar-refractivity contribution in [1.82, 2.24) is 0 Å². The Bertz CT molecular complexity index is 1010. The summed E-state index contributed by atoms with van der Waals surface area (Å²) in [5.74, 6) is 0.276. The van der Waals surface area contributed by atoms with E-state index >= 15 is 0 Å². The van der Waals surface area contributed by atoms with Gasteiger partial charge < -0.3 is 14.8 Å². The molecule has 156 valence electrons. The van der Waals surface area contributed by atoms with Crippen molar-refractivity contribution >= 4 is 34.0 Å². The van der Waals surface area contributed by atoms with Gasteiger partial charge in [-0.05, 0) is 50.6 Å². The third-order valence-electron chi connectivity index (χ3n) is 4.28. The van der Waals surface area contributed by atoms with E-state index in [2.05, 4.69) is 10.6 Å². The van der Waals surface area contributed by atoms with Crippen LogP contribution in [0.1, 0.15) is 29.8 Å². The number of esters is 1. The molecule has 0 spiro atoms. The number of anilines is 2. The maximum absolute atomic E-state index is 12.7. The highest BCUT2D eigenvalue weighted by molar-refractivity contribution is 7.15. The molecule has 1 heterocycles. The van der Waals surface area contributed by atoms with E-state index < -0.39 is 12.0 Å². The molecular weight excluding hydrogens is 400 g/mol. The van der Waals surface area contributed by atoms with Gasteiger partial charge >= 0.3 is 12.0 Å². The zero-order valence-corrected chi connectivity index (χ0v) is 18.0. The number of rotatable bonds is 7. The lowest BCUT2D eigenvalue weighted by molar-refractivity contribution is 0.0529. The average molecular weight is 425 g/mol. The molecule has 0 aliphatic carbocycles. The highest BCUT2D eigenvalue weighted by Crippen LogP contribution is 2.37. The van der Waals surface area contributed by atoms with E-state index in [1.165, 1.54) is 11.3 Å². The minimum absolute atomic E-state index is 0.242. The zero-order valence-electron chi connectivity index (χ0n) is 17.2. The zero-order chi connectivity index (χ0) is 21.5. The van der Waals surface area contributed by atoms with Gasteiger partial charge in [-0.1, -0.05) is 29.8 Å². The number of carbonyl (C=O) groups is 2. The Hall–Kier alpha value is -3.32. The van der Waals surface area contributed by atoms with Crippen LogP contribution in [0, 0.1) is 6.92 Å². The summed E-state index contributed by atoms with van der Waals surface area (Å²) in [6.07, 6.45) is 0. The van der Waals surface area contributed by atoms with Gasteiger partial charge in [0.2, 0.25) is 0 Å². The smallest absolute Gasteiger partial charge is 0.341 e. The number of benzene rings is 2. The van der Waals surface area contributed by atoms with Gasteiger partial charge in [-0.15, -0.1) is 11.3 Å². The molecule has 0 aliphatic rings. The molecule has 30 heavy (non-hydrogen) atoms. The molecule has 6 nitrogen and oxygen atoms in total. The molecule has 2 aromatic carbocycles. The molecule has 0 unspecified atom stereocenters. The van der Waals surface area contributed by atoms with E-state index in [0.29, 0.717) is 28.4 Å². The number of carbonyl (C=O) groups excluding carboxylic acids is 2. The van der Waals surface area contributed by atoms with Crippen molar-refractivity contribution in [1.29, 1.82) is 0 Å². The normalized spacial score (nSPS) is 10.4. The summed E-state index contributed by atoms with van der Waals surface area (Å²) in [6, 6.07) is 14.5.